The molecule has 0 aliphatic carbocycles. The second-order valence-electron chi connectivity index (χ2n) is 25.9. The molecule has 1 aromatic carbocycles. The van der Waals surface area contributed by atoms with Crippen LogP contribution in [0.2, 0.25) is 0 Å². The van der Waals surface area contributed by atoms with E-state index in [0.29, 0.717) is 43.5 Å². The lowest BCUT2D eigenvalue weighted by atomic mass is 9.87. The summed E-state index contributed by atoms with van der Waals surface area (Å²) in [5.74, 6) is -12.8. The normalized spacial score (nSPS) is 15.2. The number of aliphatic imine (C=N–C) groups is 2. The second kappa shape index (κ2) is 46.9. The van der Waals surface area contributed by atoms with Gasteiger partial charge in [-0.05, 0) is 145 Å². The summed E-state index contributed by atoms with van der Waals surface area (Å²) in [6.45, 7) is 12.0. The van der Waals surface area contributed by atoms with Crippen molar-refractivity contribution in [2.75, 3.05) is 44.8 Å². The van der Waals surface area contributed by atoms with Gasteiger partial charge in [0.15, 0.2) is 40.8 Å². The molecule has 0 aromatic heterocycles. The summed E-state index contributed by atoms with van der Waals surface area (Å²) in [5.41, 5.74) is 39.8. The highest BCUT2D eigenvalue weighted by molar-refractivity contribution is 7.98. The van der Waals surface area contributed by atoms with E-state index in [1.165, 1.54) is 37.7 Å². The van der Waals surface area contributed by atoms with Crippen molar-refractivity contribution in [3.05, 3.63) is 29.8 Å². The van der Waals surface area contributed by atoms with Crippen molar-refractivity contribution in [2.45, 2.75) is 207 Å². The van der Waals surface area contributed by atoms with Crippen LogP contribution in [0.3, 0.4) is 0 Å². The van der Waals surface area contributed by atoms with Crippen LogP contribution in [0.25, 0.3) is 0 Å². The average Bonchev–Trinajstić information content (AvgIpc) is 1.37. The Balaban J connectivity index is 3.50. The molecule has 538 valence electrons. The molecule has 0 heterocycles. The quantitative estimate of drug-likeness (QED) is 0.0245. The Morgan fingerprint density at radius 2 is 0.905 bits per heavy atom. The molecule has 0 fully saturated rings. The van der Waals surface area contributed by atoms with Gasteiger partial charge in [0, 0.05) is 80.7 Å². The topological polar surface area (TPSA) is 515 Å². The van der Waals surface area contributed by atoms with Gasteiger partial charge in [-0.3, -0.25) is 62.7 Å². The van der Waals surface area contributed by atoms with Gasteiger partial charge in [0.1, 0.15) is 17.8 Å². The van der Waals surface area contributed by atoms with E-state index in [1.54, 1.807) is 25.3 Å². The van der Waals surface area contributed by atoms with E-state index in [0.717, 1.165) is 12.8 Å². The number of aromatic hydroxyl groups is 1. The summed E-state index contributed by atoms with van der Waals surface area (Å²) < 4.78 is 0. The first-order valence-electron chi connectivity index (χ1n) is 33.3. The molecule has 0 radical (unpaired) electrons. The van der Waals surface area contributed by atoms with Crippen molar-refractivity contribution >= 4 is 88.0 Å². The van der Waals surface area contributed by atoms with Gasteiger partial charge in [-0.2, -0.15) is 11.8 Å². The molecular weight excluding hydrogens is 1240 g/mol. The van der Waals surface area contributed by atoms with Crippen LogP contribution in [0, 0.1) is 47.3 Å². The zero-order valence-electron chi connectivity index (χ0n) is 57.2. The van der Waals surface area contributed by atoms with Gasteiger partial charge in [-0.15, -0.1) is 0 Å². The highest BCUT2D eigenvalue weighted by Gasteiger charge is 2.37. The highest BCUT2D eigenvalue weighted by atomic mass is 32.2. The van der Waals surface area contributed by atoms with Crippen LogP contribution in [0.15, 0.2) is 34.3 Å². The Morgan fingerprint density at radius 3 is 1.41 bits per heavy atom. The number of ketones is 5. The van der Waals surface area contributed by atoms with Crippen LogP contribution >= 0.6 is 11.8 Å². The number of nitrogens with zero attached hydrogens (tertiary/aromatic N) is 2. The lowest BCUT2D eigenvalue weighted by Gasteiger charge is -2.27. The number of phenols is 1. The number of hydrogen-bond donors (Lipinski definition) is 15. The van der Waals surface area contributed by atoms with Crippen LogP contribution in [0.4, 0.5) is 0 Å². The lowest BCUT2D eigenvalue weighted by molar-refractivity contribution is -0.137. The number of carbonyl (C=O) groups excluding carboxylic acids is 11. The molecule has 29 heteroatoms. The molecule has 22 N–H and O–H groups in total. The molecule has 0 unspecified atom stereocenters. The minimum atomic E-state index is -1.60. The predicted molar refractivity (Wildman–Crippen MR) is 367 cm³/mol. The first-order valence-corrected chi connectivity index (χ1v) is 34.7. The van der Waals surface area contributed by atoms with Crippen LogP contribution in [0.5, 0.6) is 5.75 Å². The summed E-state index contributed by atoms with van der Waals surface area (Å²) in [5, 5.41) is 45.1. The third kappa shape index (κ3) is 35.5. The van der Waals surface area contributed by atoms with Crippen molar-refractivity contribution < 1.29 is 68.1 Å². The maximum atomic E-state index is 14.5. The molecule has 95 heavy (non-hydrogen) atoms. The number of nitrogens with one attached hydrogen (secondary N) is 5. The summed E-state index contributed by atoms with van der Waals surface area (Å²) >= 11 is 1.35. The number of guanidine groups is 2. The molecule has 1 rings (SSSR count). The molecule has 12 atom stereocenters. The number of aliphatic hydroxyl groups excluding tert-OH is 2. The third-order valence-corrected chi connectivity index (χ3v) is 17.0. The van der Waals surface area contributed by atoms with Gasteiger partial charge in [-0.1, -0.05) is 60.1 Å². The van der Waals surface area contributed by atoms with E-state index < -0.39 is 156 Å². The number of hydrogen-bond acceptors (Lipinski definition) is 19. The van der Waals surface area contributed by atoms with Crippen molar-refractivity contribution in [2.24, 2.45) is 97.5 Å². The number of thioether (sulfide) groups is 1. The minimum Gasteiger partial charge on any atom is -0.508 e. The number of amides is 6. The fraction of sp³-hybridized carbons (Fsp3) is 0.712. The van der Waals surface area contributed by atoms with E-state index >= 15 is 0 Å². The van der Waals surface area contributed by atoms with E-state index in [4.69, 9.17) is 40.1 Å². The average molecular weight is 1360 g/mol. The molecule has 0 spiro atoms. The number of unbranched alkanes of at least 4 members (excludes halogenated alkanes) is 2. The van der Waals surface area contributed by atoms with Gasteiger partial charge >= 0.3 is 0 Å². The fourth-order valence-corrected chi connectivity index (χ4v) is 11.4. The standard InChI is InChI=1S/C66H114N14O14S/c1-38(2)29-46(59(69)89)35-53(84)50(18-14-27-75-66(72)73)77-64(94)47(32-43-19-21-48(83)22-20-43)36-54(85)49(17-10-12-25-68)76-61(91)41(6)31-57(88)58(42(7)82)80-63(93)45(23-28-95-8)34-56(87)52(37-81)79-62(92)44(16-13-26-74-65(70)71)33-55(86)51(30-39(3)4)78-60(90)40(5)15-9-11-24-67/h19-22,38-42,44-47,49-52,58,81-83H,9-18,23-37,67-68H2,1-8H3,(H2,69,89)(H,76,91)(H,77,94)(H,78,90)(H,79,92)(H,80,93)(H4,70,71,74)(H4,72,73,75)/t40-,41+,42+,44+,45+,46+,47+,49-,50-,51-,52-,58-/m0/s1. The summed E-state index contributed by atoms with van der Waals surface area (Å²) in [7, 11) is 0. The number of carbonyl (C=O) groups is 11. The van der Waals surface area contributed by atoms with E-state index in [-0.39, 0.29) is 119 Å². The zero-order valence-corrected chi connectivity index (χ0v) is 58.1. The van der Waals surface area contributed by atoms with Gasteiger partial charge in [0.05, 0.1) is 30.8 Å². The molecule has 1 aromatic rings. The Hall–Kier alpha value is -7.08. The van der Waals surface area contributed by atoms with Gasteiger partial charge < -0.3 is 82.0 Å². The summed E-state index contributed by atoms with van der Waals surface area (Å²) in [6.07, 6.45) is 2.26. The first kappa shape index (κ1) is 85.9. The van der Waals surface area contributed by atoms with Crippen LogP contribution in [0.1, 0.15) is 170 Å². The van der Waals surface area contributed by atoms with Crippen LogP contribution in [-0.4, -0.2) is 173 Å². The van der Waals surface area contributed by atoms with Crippen molar-refractivity contribution in [3.8, 4) is 5.75 Å². The smallest absolute Gasteiger partial charge is 0.224 e. The largest absolute Gasteiger partial charge is 0.508 e. The van der Waals surface area contributed by atoms with Crippen LogP contribution in [-0.2, 0) is 59.2 Å². The zero-order chi connectivity index (χ0) is 71.9. The number of rotatable bonds is 53. The maximum Gasteiger partial charge on any atom is 0.224 e. The molecular formula is C66H114N14O14S. The SMILES string of the molecule is CSCC[C@H](CC(=O)[C@H](CO)NC(=O)[C@H](CCCN=C(N)N)CC(=O)[C@H](CC(C)C)NC(=O)[C@@H](C)CCCCN)C(=O)N[C@H](C(=O)C[C@@H](C)C(=O)N[C@@H](CCCCN)C(=O)C[C@@H](Cc1ccc(O)cc1)C(=O)N[C@@H](CCCN=C(N)N)C(=O)C[C@@H](CC(C)C)C(N)=O)[C@@H](C)O. The van der Waals surface area contributed by atoms with Gasteiger partial charge in [0.2, 0.25) is 35.4 Å². The number of nitrogens with two attached hydrogens (primary N) is 7. The third-order valence-electron chi connectivity index (χ3n) is 16.4. The molecule has 0 saturated carbocycles. The van der Waals surface area contributed by atoms with Crippen molar-refractivity contribution in [1.82, 2.24) is 26.6 Å². The molecule has 28 nitrogen and oxygen atoms in total. The fourth-order valence-electron chi connectivity index (χ4n) is 10.8. The van der Waals surface area contributed by atoms with Gasteiger partial charge in [0.25, 0.3) is 0 Å². The first-order chi connectivity index (χ1) is 44.8. The predicted octanol–water partition coefficient (Wildman–Crippen LogP) is 0.961. The van der Waals surface area contributed by atoms with Gasteiger partial charge in [-0.25, -0.2) is 0 Å². The maximum absolute atomic E-state index is 14.5. The minimum absolute atomic E-state index is 0.0171. The Bertz CT molecular complexity index is 2650. The van der Waals surface area contributed by atoms with E-state index in [2.05, 4.69) is 36.6 Å². The summed E-state index contributed by atoms with van der Waals surface area (Å²) in [6, 6.07) is -0.483. The number of aliphatic hydroxyl groups is 2. The summed E-state index contributed by atoms with van der Waals surface area (Å²) in [4.78, 5) is 161. The number of Topliss-reactive ketones (excluding diaryl/α,β-unsaturated/α-hetero) is 5. The number of phenolic OH excluding ortho intramolecular Hbond substituents is 1. The van der Waals surface area contributed by atoms with E-state index in [9.17, 15) is 68.1 Å². The van der Waals surface area contributed by atoms with Crippen molar-refractivity contribution in [1.29, 1.82) is 0 Å². The lowest BCUT2D eigenvalue weighted by Crippen LogP contribution is -2.52. The molecule has 0 aliphatic heterocycles. The van der Waals surface area contributed by atoms with Crippen LogP contribution < -0.4 is 66.7 Å². The Kier molecular flexibility index (Phi) is 42.5. The Labute approximate surface area is 565 Å². The highest BCUT2D eigenvalue weighted by Crippen LogP contribution is 2.24. The molecule has 6 amide bonds. The molecule has 0 aliphatic rings. The molecule has 0 bridgehead atoms. The Morgan fingerprint density at radius 1 is 0.474 bits per heavy atom. The second-order valence-corrected chi connectivity index (χ2v) is 26.9. The monoisotopic (exact) mass is 1360 g/mol. The van der Waals surface area contributed by atoms with E-state index in [1.807, 2.05) is 27.7 Å². The number of primary amides is 1. The molecule has 0 saturated heterocycles. The van der Waals surface area contributed by atoms with Crippen molar-refractivity contribution in [3.63, 3.8) is 0 Å². The number of benzene rings is 1.